The van der Waals surface area contributed by atoms with Crippen LogP contribution < -0.4 is 0 Å². The Bertz CT molecular complexity index is 422. The predicted octanol–water partition coefficient (Wildman–Crippen LogP) is 3.12. The van der Waals surface area contributed by atoms with Crippen molar-refractivity contribution in [2.24, 2.45) is 0 Å². The Labute approximate surface area is 124 Å². The molecule has 0 bridgehead atoms. The fourth-order valence-electron chi connectivity index (χ4n) is 1.76. The summed E-state index contributed by atoms with van der Waals surface area (Å²) in [5.41, 5.74) is 0.527. The van der Waals surface area contributed by atoms with Gasteiger partial charge in [-0.05, 0) is 12.5 Å². The maximum atomic E-state index is 11.1. The number of unbranched alkanes of at least 4 members (excludes halogenated alkanes) is 1. The van der Waals surface area contributed by atoms with Crippen molar-refractivity contribution in [2.75, 3.05) is 13.2 Å². The average Bonchev–Trinajstić information content (AvgIpc) is 2.41. The standard InChI is InChI=1S/C15H21ClO4/c1-3-4-9-19-10-14(20-11(2)17)15(18)12-7-5-6-8-13(12)16/h5-8,14-15,18H,3-4,9-10H2,1-2H3/t14-,15+/m1/s1. The Morgan fingerprint density at radius 1 is 1.40 bits per heavy atom. The van der Waals surface area contributed by atoms with Crippen LogP contribution in [0.5, 0.6) is 0 Å². The SMILES string of the molecule is CCCCOC[C@@H](OC(C)=O)[C@@H](O)c1ccccc1Cl. The van der Waals surface area contributed by atoms with Crippen molar-refractivity contribution < 1.29 is 19.4 Å². The largest absolute Gasteiger partial charge is 0.457 e. The summed E-state index contributed by atoms with van der Waals surface area (Å²) < 4.78 is 10.6. The molecule has 0 aliphatic heterocycles. The topological polar surface area (TPSA) is 55.8 Å². The van der Waals surface area contributed by atoms with E-state index in [4.69, 9.17) is 21.1 Å². The second-order valence-electron chi connectivity index (χ2n) is 4.54. The van der Waals surface area contributed by atoms with Crippen LogP contribution in [0.4, 0.5) is 0 Å². The van der Waals surface area contributed by atoms with Crippen LogP contribution in [0, 0.1) is 0 Å². The molecule has 0 heterocycles. The number of carbonyl (C=O) groups excluding carboxylic acids is 1. The van der Waals surface area contributed by atoms with Gasteiger partial charge in [-0.15, -0.1) is 0 Å². The molecular weight excluding hydrogens is 280 g/mol. The number of carbonyl (C=O) groups is 1. The van der Waals surface area contributed by atoms with E-state index in [0.717, 1.165) is 12.8 Å². The molecule has 2 atom stereocenters. The molecule has 0 saturated carbocycles. The minimum Gasteiger partial charge on any atom is -0.457 e. The van der Waals surface area contributed by atoms with Crippen LogP contribution in [0.15, 0.2) is 24.3 Å². The monoisotopic (exact) mass is 300 g/mol. The molecule has 1 aromatic rings. The second-order valence-corrected chi connectivity index (χ2v) is 4.95. The van der Waals surface area contributed by atoms with Gasteiger partial charge in [0.2, 0.25) is 0 Å². The molecule has 0 fully saturated rings. The molecule has 0 spiro atoms. The molecule has 1 N–H and O–H groups in total. The van der Waals surface area contributed by atoms with Gasteiger partial charge in [-0.1, -0.05) is 43.1 Å². The van der Waals surface area contributed by atoms with Crippen LogP contribution in [0.25, 0.3) is 0 Å². The lowest BCUT2D eigenvalue weighted by Crippen LogP contribution is -2.29. The highest BCUT2D eigenvalue weighted by Crippen LogP contribution is 2.26. The molecule has 4 nitrogen and oxygen atoms in total. The van der Waals surface area contributed by atoms with E-state index in [9.17, 15) is 9.90 Å². The first-order chi connectivity index (χ1) is 9.56. The number of esters is 1. The molecule has 0 unspecified atom stereocenters. The van der Waals surface area contributed by atoms with Gasteiger partial charge in [-0.2, -0.15) is 0 Å². The van der Waals surface area contributed by atoms with E-state index in [1.165, 1.54) is 6.92 Å². The number of aliphatic hydroxyl groups is 1. The van der Waals surface area contributed by atoms with E-state index in [2.05, 4.69) is 6.92 Å². The van der Waals surface area contributed by atoms with Crippen molar-refractivity contribution in [1.29, 1.82) is 0 Å². The highest BCUT2D eigenvalue weighted by Gasteiger charge is 2.25. The van der Waals surface area contributed by atoms with Crippen LogP contribution in [0.1, 0.15) is 38.4 Å². The van der Waals surface area contributed by atoms with E-state index in [1.54, 1.807) is 24.3 Å². The highest BCUT2D eigenvalue weighted by atomic mass is 35.5. The minimum absolute atomic E-state index is 0.145. The number of rotatable bonds is 8. The van der Waals surface area contributed by atoms with Crippen LogP contribution in [0.2, 0.25) is 5.02 Å². The molecule has 0 aliphatic rings. The number of hydrogen-bond donors (Lipinski definition) is 1. The molecule has 20 heavy (non-hydrogen) atoms. The number of aliphatic hydroxyl groups excluding tert-OH is 1. The molecule has 0 aliphatic carbocycles. The zero-order valence-corrected chi connectivity index (χ0v) is 12.6. The summed E-state index contributed by atoms with van der Waals surface area (Å²) in [5.74, 6) is -0.458. The van der Waals surface area contributed by atoms with Gasteiger partial charge in [0.15, 0.2) is 6.10 Å². The second kappa shape index (κ2) is 8.95. The molecule has 5 heteroatoms. The molecular formula is C15H21ClO4. The summed E-state index contributed by atoms with van der Waals surface area (Å²) in [6.45, 7) is 4.08. The molecule has 0 aromatic heterocycles. The van der Waals surface area contributed by atoms with E-state index in [-0.39, 0.29) is 6.61 Å². The third-order valence-corrected chi connectivity index (χ3v) is 3.16. The first-order valence-electron chi connectivity index (χ1n) is 6.73. The minimum atomic E-state index is -1.01. The number of hydrogen-bond acceptors (Lipinski definition) is 4. The summed E-state index contributed by atoms with van der Waals surface area (Å²) in [6, 6.07) is 6.93. The van der Waals surface area contributed by atoms with Gasteiger partial charge in [0.05, 0.1) is 6.61 Å². The first kappa shape index (κ1) is 17.0. The van der Waals surface area contributed by atoms with Crippen molar-refractivity contribution in [3.05, 3.63) is 34.9 Å². The van der Waals surface area contributed by atoms with Gasteiger partial charge >= 0.3 is 5.97 Å². The van der Waals surface area contributed by atoms with E-state index in [1.807, 2.05) is 0 Å². The van der Waals surface area contributed by atoms with Gasteiger partial charge in [0, 0.05) is 24.1 Å². The van der Waals surface area contributed by atoms with Gasteiger partial charge < -0.3 is 14.6 Å². The highest BCUT2D eigenvalue weighted by molar-refractivity contribution is 6.31. The predicted molar refractivity (Wildman–Crippen MR) is 77.7 cm³/mol. The number of benzene rings is 1. The van der Waals surface area contributed by atoms with Crippen molar-refractivity contribution >= 4 is 17.6 Å². The van der Waals surface area contributed by atoms with E-state index < -0.39 is 18.2 Å². The third-order valence-electron chi connectivity index (χ3n) is 2.82. The van der Waals surface area contributed by atoms with E-state index in [0.29, 0.717) is 17.2 Å². The maximum absolute atomic E-state index is 11.1. The van der Waals surface area contributed by atoms with Gasteiger partial charge in [0.25, 0.3) is 0 Å². The first-order valence-corrected chi connectivity index (χ1v) is 7.11. The summed E-state index contributed by atoms with van der Waals surface area (Å²) in [4.78, 5) is 11.1. The molecule has 1 rings (SSSR count). The fraction of sp³-hybridized carbons (Fsp3) is 0.533. The van der Waals surface area contributed by atoms with Gasteiger partial charge in [-0.3, -0.25) is 4.79 Å². The number of ether oxygens (including phenoxy) is 2. The Morgan fingerprint density at radius 3 is 2.70 bits per heavy atom. The lowest BCUT2D eigenvalue weighted by molar-refractivity contribution is -0.157. The van der Waals surface area contributed by atoms with Crippen molar-refractivity contribution in [2.45, 2.75) is 38.9 Å². The van der Waals surface area contributed by atoms with E-state index >= 15 is 0 Å². The summed E-state index contributed by atoms with van der Waals surface area (Å²) >= 11 is 6.04. The lowest BCUT2D eigenvalue weighted by Gasteiger charge is -2.23. The van der Waals surface area contributed by atoms with Crippen LogP contribution in [-0.2, 0) is 14.3 Å². The maximum Gasteiger partial charge on any atom is 0.303 e. The summed E-state index contributed by atoms with van der Waals surface area (Å²) in [6.07, 6.45) is 0.179. The van der Waals surface area contributed by atoms with Crippen molar-refractivity contribution in [1.82, 2.24) is 0 Å². The zero-order chi connectivity index (χ0) is 15.0. The number of halogens is 1. The Kier molecular flexibility index (Phi) is 7.59. The van der Waals surface area contributed by atoms with Gasteiger partial charge in [-0.25, -0.2) is 0 Å². The van der Waals surface area contributed by atoms with Crippen LogP contribution >= 0.6 is 11.6 Å². The molecule has 112 valence electrons. The normalized spacial score (nSPS) is 13.8. The summed E-state index contributed by atoms with van der Waals surface area (Å²) in [7, 11) is 0. The van der Waals surface area contributed by atoms with Crippen LogP contribution in [-0.4, -0.2) is 30.4 Å². The fourth-order valence-corrected chi connectivity index (χ4v) is 2.01. The average molecular weight is 301 g/mol. The molecule has 1 aromatic carbocycles. The quantitative estimate of drug-likeness (QED) is 0.592. The van der Waals surface area contributed by atoms with Crippen molar-refractivity contribution in [3.63, 3.8) is 0 Å². The Hall–Kier alpha value is -1.10. The van der Waals surface area contributed by atoms with Crippen molar-refractivity contribution in [3.8, 4) is 0 Å². The third kappa shape index (κ3) is 5.49. The molecule has 0 radical (unpaired) electrons. The molecule has 0 saturated heterocycles. The lowest BCUT2D eigenvalue weighted by atomic mass is 10.0. The smallest absolute Gasteiger partial charge is 0.303 e. The van der Waals surface area contributed by atoms with Gasteiger partial charge in [0.1, 0.15) is 6.10 Å². The van der Waals surface area contributed by atoms with Crippen LogP contribution in [0.3, 0.4) is 0 Å². The zero-order valence-electron chi connectivity index (χ0n) is 11.8. The Balaban J connectivity index is 2.71. The molecule has 0 amide bonds. The summed E-state index contributed by atoms with van der Waals surface area (Å²) in [5, 5.41) is 10.8. The Morgan fingerprint density at radius 2 is 2.10 bits per heavy atom.